The monoisotopic (exact) mass is 482 g/mol. The summed E-state index contributed by atoms with van der Waals surface area (Å²) in [6.45, 7) is 1.51. The van der Waals surface area contributed by atoms with Gasteiger partial charge in [-0.05, 0) is 61.6 Å². The number of Topliss-reactive ketones (excluding diaryl/α,β-unsaturated/α-hetero) is 1. The van der Waals surface area contributed by atoms with Crippen molar-refractivity contribution in [1.82, 2.24) is 10.0 Å². The zero-order valence-corrected chi connectivity index (χ0v) is 19.2. The van der Waals surface area contributed by atoms with Gasteiger partial charge in [0.15, 0.2) is 5.78 Å². The van der Waals surface area contributed by atoms with E-state index in [2.05, 4.69) is 0 Å². The highest BCUT2D eigenvalue weighted by Gasteiger charge is 2.61. The fourth-order valence-electron chi connectivity index (χ4n) is 5.26. The number of rotatable bonds is 5. The van der Waals surface area contributed by atoms with Crippen molar-refractivity contribution in [3.05, 3.63) is 81.9 Å². The Balaban J connectivity index is 1.56. The van der Waals surface area contributed by atoms with Crippen molar-refractivity contribution in [2.75, 3.05) is 0 Å². The van der Waals surface area contributed by atoms with Crippen LogP contribution in [0.5, 0.6) is 0 Å². The number of fused-ring (bicyclic) bond motifs is 5. The van der Waals surface area contributed by atoms with Gasteiger partial charge >= 0.3 is 0 Å². The number of amides is 3. The first-order chi connectivity index (χ1) is 15.8. The van der Waals surface area contributed by atoms with Crippen LogP contribution < -0.4 is 0 Å². The third-order valence-corrected chi connectivity index (χ3v) is 7.43. The molecule has 3 aliphatic rings. The Morgan fingerprint density at radius 2 is 1.52 bits per heavy atom. The summed E-state index contributed by atoms with van der Waals surface area (Å²) < 4.78 is 0. The Hall–Kier alpha value is -2.96. The van der Waals surface area contributed by atoms with Gasteiger partial charge in [-0.2, -0.15) is 5.01 Å². The standard InChI is InChI=1S/C25H20Cl2N2O4/c1-13(22(30)14-8-10-17(26)11-9-14)28(23(31)18-4-2-3-5-19(18)27)29-24(32)20-15-6-7-16(12-15)21(20)25(29)33/h2-11,13,15-16,20-21H,12H2,1H3/t13-,15+,16+,20-,21-/m1/s1. The Morgan fingerprint density at radius 1 is 0.939 bits per heavy atom. The summed E-state index contributed by atoms with van der Waals surface area (Å²) >= 11 is 12.2. The molecular weight excluding hydrogens is 463 g/mol. The first-order valence-corrected chi connectivity index (χ1v) is 11.5. The fraction of sp³-hybridized carbons (Fsp3) is 0.280. The molecule has 1 saturated heterocycles. The first kappa shape index (κ1) is 21.9. The fourth-order valence-corrected chi connectivity index (χ4v) is 5.61. The molecule has 2 aliphatic carbocycles. The van der Waals surface area contributed by atoms with Crippen molar-refractivity contribution in [2.24, 2.45) is 23.7 Å². The van der Waals surface area contributed by atoms with Crippen molar-refractivity contribution in [3.8, 4) is 0 Å². The second kappa shape index (κ2) is 8.12. The van der Waals surface area contributed by atoms with E-state index in [1.54, 1.807) is 42.5 Å². The van der Waals surface area contributed by atoms with Crippen LogP contribution in [0.3, 0.4) is 0 Å². The third kappa shape index (κ3) is 3.40. The highest BCUT2D eigenvalue weighted by molar-refractivity contribution is 6.34. The lowest BCUT2D eigenvalue weighted by molar-refractivity contribution is -0.157. The topological polar surface area (TPSA) is 74.8 Å². The molecule has 0 unspecified atom stereocenters. The maximum absolute atomic E-state index is 13.7. The van der Waals surface area contributed by atoms with Crippen molar-refractivity contribution in [2.45, 2.75) is 19.4 Å². The molecular formula is C25H20Cl2N2O4. The molecule has 168 valence electrons. The molecule has 1 heterocycles. The summed E-state index contributed by atoms with van der Waals surface area (Å²) in [4.78, 5) is 54.0. The SMILES string of the molecule is C[C@H](C(=O)c1ccc(Cl)cc1)N(C(=O)c1ccccc1Cl)N1C(=O)[C@H]2[C@H](C1=O)[C@H]1C=C[C@H]2C1. The predicted molar refractivity (Wildman–Crippen MR) is 122 cm³/mol. The molecule has 0 spiro atoms. The van der Waals surface area contributed by atoms with Crippen LogP contribution in [0.4, 0.5) is 0 Å². The number of allylic oxidation sites excluding steroid dienone is 2. The third-order valence-electron chi connectivity index (χ3n) is 6.85. The Labute approximate surface area is 200 Å². The van der Waals surface area contributed by atoms with Crippen molar-refractivity contribution >= 4 is 46.7 Å². The largest absolute Gasteiger partial charge is 0.292 e. The maximum Gasteiger partial charge on any atom is 0.275 e. The van der Waals surface area contributed by atoms with Gasteiger partial charge in [0.2, 0.25) is 0 Å². The van der Waals surface area contributed by atoms with Gasteiger partial charge in [-0.3, -0.25) is 19.2 Å². The Morgan fingerprint density at radius 3 is 2.09 bits per heavy atom. The van der Waals surface area contributed by atoms with E-state index in [-0.39, 0.29) is 22.4 Å². The highest BCUT2D eigenvalue weighted by atomic mass is 35.5. The molecule has 0 aromatic heterocycles. The summed E-state index contributed by atoms with van der Waals surface area (Å²) in [6, 6.07) is 11.5. The molecule has 2 aromatic carbocycles. The maximum atomic E-state index is 13.7. The average Bonchev–Trinajstić information content (AvgIpc) is 3.49. The minimum Gasteiger partial charge on any atom is -0.292 e. The molecule has 33 heavy (non-hydrogen) atoms. The van der Waals surface area contributed by atoms with E-state index in [4.69, 9.17) is 23.2 Å². The lowest BCUT2D eigenvalue weighted by Crippen LogP contribution is -2.57. The van der Waals surface area contributed by atoms with Gasteiger partial charge in [-0.15, -0.1) is 0 Å². The van der Waals surface area contributed by atoms with E-state index in [1.165, 1.54) is 13.0 Å². The van der Waals surface area contributed by atoms with Gasteiger partial charge in [0.25, 0.3) is 17.7 Å². The van der Waals surface area contributed by atoms with Gasteiger partial charge in [0, 0.05) is 10.6 Å². The summed E-state index contributed by atoms with van der Waals surface area (Å²) in [5, 5.41) is 2.51. The lowest BCUT2D eigenvalue weighted by atomic mass is 9.85. The molecule has 3 amide bonds. The van der Waals surface area contributed by atoms with Crippen LogP contribution in [0.25, 0.3) is 0 Å². The number of hydrazine groups is 1. The van der Waals surface area contributed by atoms with Crippen LogP contribution in [0.2, 0.25) is 10.0 Å². The Bertz CT molecular complexity index is 1180. The molecule has 2 fully saturated rings. The van der Waals surface area contributed by atoms with Gasteiger partial charge in [-0.25, -0.2) is 5.01 Å². The summed E-state index contributed by atoms with van der Waals surface area (Å²) in [7, 11) is 0. The van der Waals surface area contributed by atoms with Crippen molar-refractivity contribution in [1.29, 1.82) is 0 Å². The van der Waals surface area contributed by atoms with Crippen LogP contribution >= 0.6 is 23.2 Å². The smallest absolute Gasteiger partial charge is 0.275 e. The van der Waals surface area contributed by atoms with E-state index in [0.717, 1.165) is 16.4 Å². The second-order valence-corrected chi connectivity index (χ2v) is 9.51. The molecule has 0 radical (unpaired) electrons. The number of carbonyl (C=O) groups is 4. The molecule has 5 atom stereocenters. The summed E-state index contributed by atoms with van der Waals surface area (Å²) in [5.74, 6) is -3.07. The number of nitrogens with zero attached hydrogens (tertiary/aromatic N) is 2. The molecule has 2 bridgehead atoms. The Kier molecular flexibility index (Phi) is 5.38. The number of hydrogen-bond donors (Lipinski definition) is 0. The molecule has 0 N–H and O–H groups in total. The zero-order valence-electron chi connectivity index (χ0n) is 17.7. The normalized spacial score (nSPS) is 26.0. The number of halogens is 2. The lowest BCUT2D eigenvalue weighted by Gasteiger charge is -2.35. The number of carbonyl (C=O) groups excluding carboxylic acids is 4. The number of benzene rings is 2. The minimum absolute atomic E-state index is 0.0269. The number of hydrogen-bond acceptors (Lipinski definition) is 4. The molecule has 8 heteroatoms. The van der Waals surface area contributed by atoms with Crippen LogP contribution in [-0.4, -0.2) is 39.6 Å². The van der Waals surface area contributed by atoms with Gasteiger partial charge in [-0.1, -0.05) is 47.5 Å². The van der Waals surface area contributed by atoms with Crippen molar-refractivity contribution < 1.29 is 19.2 Å². The van der Waals surface area contributed by atoms with E-state index < -0.39 is 41.4 Å². The predicted octanol–water partition coefficient (Wildman–Crippen LogP) is 4.43. The van der Waals surface area contributed by atoms with Crippen LogP contribution in [0.15, 0.2) is 60.7 Å². The molecule has 2 aromatic rings. The highest BCUT2D eigenvalue weighted by Crippen LogP contribution is 2.53. The minimum atomic E-state index is -1.13. The molecule has 6 nitrogen and oxygen atoms in total. The van der Waals surface area contributed by atoms with E-state index in [1.807, 2.05) is 12.2 Å². The van der Waals surface area contributed by atoms with Gasteiger partial charge in [0.1, 0.15) is 6.04 Å². The van der Waals surface area contributed by atoms with E-state index in [9.17, 15) is 19.2 Å². The average molecular weight is 483 g/mol. The quantitative estimate of drug-likeness (QED) is 0.358. The van der Waals surface area contributed by atoms with Crippen LogP contribution in [0, 0.1) is 23.7 Å². The molecule has 1 aliphatic heterocycles. The second-order valence-electron chi connectivity index (χ2n) is 8.66. The molecule has 1 saturated carbocycles. The zero-order chi connectivity index (χ0) is 23.4. The number of ketones is 1. The van der Waals surface area contributed by atoms with E-state index in [0.29, 0.717) is 10.6 Å². The van der Waals surface area contributed by atoms with Gasteiger partial charge < -0.3 is 0 Å². The van der Waals surface area contributed by atoms with Crippen molar-refractivity contribution in [3.63, 3.8) is 0 Å². The molecule has 5 rings (SSSR count). The van der Waals surface area contributed by atoms with Crippen LogP contribution in [0.1, 0.15) is 34.1 Å². The summed E-state index contributed by atoms with van der Waals surface area (Å²) in [5.41, 5.74) is 0.415. The van der Waals surface area contributed by atoms with Crippen LogP contribution in [-0.2, 0) is 9.59 Å². The van der Waals surface area contributed by atoms with E-state index >= 15 is 0 Å². The number of imide groups is 1. The van der Waals surface area contributed by atoms with Gasteiger partial charge in [0.05, 0.1) is 22.4 Å². The summed E-state index contributed by atoms with van der Waals surface area (Å²) in [6.07, 6.45) is 4.71. The first-order valence-electron chi connectivity index (χ1n) is 10.7.